The molecule has 0 aliphatic carbocycles. The van der Waals surface area contributed by atoms with Gasteiger partial charge in [-0.05, 0) is 63.0 Å². The van der Waals surface area contributed by atoms with Crippen LogP contribution in [-0.2, 0) is 6.54 Å². The third-order valence-corrected chi connectivity index (χ3v) is 4.34. The Morgan fingerprint density at radius 1 is 1.32 bits per heavy atom. The standard InChI is InChI=1S/C13H12Br2ClNO2/c1-2-18-12-4-3-8(16)5-11(12)17-7-9-6-10(14)13(15)19-9/h3-6,17H,2,7H2,1H3. The molecule has 1 aromatic carbocycles. The Morgan fingerprint density at radius 3 is 2.74 bits per heavy atom. The Labute approximate surface area is 133 Å². The molecule has 0 aliphatic rings. The van der Waals surface area contributed by atoms with Gasteiger partial charge in [-0.25, -0.2) is 0 Å². The molecule has 0 fully saturated rings. The highest BCUT2D eigenvalue weighted by atomic mass is 79.9. The number of rotatable bonds is 5. The van der Waals surface area contributed by atoms with E-state index in [1.165, 1.54) is 0 Å². The van der Waals surface area contributed by atoms with Crippen LogP contribution in [0.15, 0.2) is 37.8 Å². The van der Waals surface area contributed by atoms with Gasteiger partial charge in [0.05, 0.1) is 23.3 Å². The maximum atomic E-state index is 5.99. The molecule has 1 N–H and O–H groups in total. The molecule has 0 radical (unpaired) electrons. The normalized spacial score (nSPS) is 10.5. The average molecular weight is 410 g/mol. The van der Waals surface area contributed by atoms with Crippen LogP contribution >= 0.6 is 43.5 Å². The van der Waals surface area contributed by atoms with E-state index in [1.807, 2.05) is 25.1 Å². The number of ether oxygens (including phenoxy) is 1. The number of hydrogen-bond donors (Lipinski definition) is 1. The van der Waals surface area contributed by atoms with Gasteiger partial charge in [-0.2, -0.15) is 0 Å². The molecule has 6 heteroatoms. The minimum absolute atomic E-state index is 0.546. The van der Waals surface area contributed by atoms with Gasteiger partial charge in [0.25, 0.3) is 0 Å². The molecule has 0 unspecified atom stereocenters. The maximum absolute atomic E-state index is 5.99. The molecule has 0 saturated heterocycles. The molecule has 0 aliphatic heterocycles. The lowest BCUT2D eigenvalue weighted by atomic mass is 10.3. The summed E-state index contributed by atoms with van der Waals surface area (Å²) in [5.74, 6) is 1.58. The summed E-state index contributed by atoms with van der Waals surface area (Å²) in [7, 11) is 0. The van der Waals surface area contributed by atoms with Crippen LogP contribution in [0.1, 0.15) is 12.7 Å². The molecule has 19 heavy (non-hydrogen) atoms. The summed E-state index contributed by atoms with van der Waals surface area (Å²) >= 11 is 12.7. The zero-order valence-electron chi connectivity index (χ0n) is 10.2. The van der Waals surface area contributed by atoms with Crippen molar-refractivity contribution in [3.05, 3.63) is 44.2 Å². The number of halogens is 3. The summed E-state index contributed by atoms with van der Waals surface area (Å²) in [6, 6.07) is 7.39. The summed E-state index contributed by atoms with van der Waals surface area (Å²) in [4.78, 5) is 0. The van der Waals surface area contributed by atoms with Crippen LogP contribution in [-0.4, -0.2) is 6.61 Å². The molecule has 2 rings (SSSR count). The van der Waals surface area contributed by atoms with E-state index in [0.29, 0.717) is 22.8 Å². The van der Waals surface area contributed by atoms with Crippen molar-refractivity contribution in [2.45, 2.75) is 13.5 Å². The molecular formula is C13H12Br2ClNO2. The summed E-state index contributed by atoms with van der Waals surface area (Å²) in [5.41, 5.74) is 0.845. The van der Waals surface area contributed by atoms with E-state index in [4.69, 9.17) is 20.8 Å². The first-order valence-electron chi connectivity index (χ1n) is 5.70. The molecule has 2 aromatic rings. The summed E-state index contributed by atoms with van der Waals surface area (Å²) in [5, 5.41) is 3.91. The molecule has 0 bridgehead atoms. The fourth-order valence-electron chi connectivity index (χ4n) is 1.58. The number of anilines is 1. The highest BCUT2D eigenvalue weighted by molar-refractivity contribution is 9.13. The van der Waals surface area contributed by atoms with Crippen LogP contribution in [0.4, 0.5) is 5.69 Å². The van der Waals surface area contributed by atoms with Crippen molar-refractivity contribution in [2.24, 2.45) is 0 Å². The molecule has 0 saturated carbocycles. The van der Waals surface area contributed by atoms with Crippen molar-refractivity contribution in [3.63, 3.8) is 0 Å². The molecular weight excluding hydrogens is 397 g/mol. The highest BCUT2D eigenvalue weighted by Gasteiger charge is 2.08. The van der Waals surface area contributed by atoms with Gasteiger partial charge in [0.2, 0.25) is 0 Å². The first kappa shape index (κ1) is 14.8. The molecule has 102 valence electrons. The molecule has 0 amide bonds. The van der Waals surface area contributed by atoms with E-state index >= 15 is 0 Å². The van der Waals surface area contributed by atoms with Crippen molar-refractivity contribution in [3.8, 4) is 5.75 Å². The monoisotopic (exact) mass is 407 g/mol. The SMILES string of the molecule is CCOc1ccc(Cl)cc1NCc1cc(Br)c(Br)o1. The van der Waals surface area contributed by atoms with E-state index in [1.54, 1.807) is 6.07 Å². The summed E-state index contributed by atoms with van der Waals surface area (Å²) in [6.45, 7) is 3.10. The third kappa shape index (κ3) is 3.91. The molecule has 3 nitrogen and oxygen atoms in total. The van der Waals surface area contributed by atoms with Crippen LogP contribution in [0.2, 0.25) is 5.02 Å². The van der Waals surface area contributed by atoms with Crippen molar-refractivity contribution in [1.29, 1.82) is 0 Å². The zero-order valence-corrected chi connectivity index (χ0v) is 14.1. The first-order valence-corrected chi connectivity index (χ1v) is 7.66. The number of furan rings is 1. The van der Waals surface area contributed by atoms with Crippen molar-refractivity contribution in [2.75, 3.05) is 11.9 Å². The Morgan fingerprint density at radius 2 is 2.11 bits per heavy atom. The smallest absolute Gasteiger partial charge is 0.183 e. The largest absolute Gasteiger partial charge is 0.492 e. The lowest BCUT2D eigenvalue weighted by Crippen LogP contribution is -2.02. The van der Waals surface area contributed by atoms with Crippen LogP contribution in [0, 0.1) is 0 Å². The van der Waals surface area contributed by atoms with Gasteiger partial charge in [-0.3, -0.25) is 0 Å². The maximum Gasteiger partial charge on any atom is 0.183 e. The Hall–Kier alpha value is -0.650. The molecule has 1 heterocycles. The van der Waals surface area contributed by atoms with Crippen LogP contribution < -0.4 is 10.1 Å². The molecule has 0 atom stereocenters. The van der Waals surface area contributed by atoms with E-state index in [2.05, 4.69) is 37.2 Å². The summed E-state index contributed by atoms with van der Waals surface area (Å²) < 4.78 is 12.6. The second-order valence-corrected chi connectivity index (χ2v) is 5.77. The fourth-order valence-corrected chi connectivity index (χ4v) is 2.41. The van der Waals surface area contributed by atoms with Gasteiger partial charge in [-0.1, -0.05) is 11.6 Å². The minimum atomic E-state index is 0.546. The Bertz CT molecular complexity index is 552. The minimum Gasteiger partial charge on any atom is -0.492 e. The van der Waals surface area contributed by atoms with Crippen molar-refractivity contribution >= 4 is 49.1 Å². The predicted molar refractivity (Wildman–Crippen MR) is 84.1 cm³/mol. The number of hydrogen-bond acceptors (Lipinski definition) is 3. The quantitative estimate of drug-likeness (QED) is 0.711. The lowest BCUT2D eigenvalue weighted by molar-refractivity contribution is 0.341. The third-order valence-electron chi connectivity index (χ3n) is 2.39. The number of benzene rings is 1. The van der Waals surface area contributed by atoms with Gasteiger partial charge in [0, 0.05) is 5.02 Å². The van der Waals surface area contributed by atoms with Gasteiger partial charge in [-0.15, -0.1) is 0 Å². The van der Waals surface area contributed by atoms with Gasteiger partial charge < -0.3 is 14.5 Å². The zero-order chi connectivity index (χ0) is 13.8. The lowest BCUT2D eigenvalue weighted by Gasteiger charge is -2.11. The van der Waals surface area contributed by atoms with Crippen LogP contribution in [0.5, 0.6) is 5.75 Å². The predicted octanol–water partition coefficient (Wildman–Crippen LogP) is 5.47. The van der Waals surface area contributed by atoms with Gasteiger partial charge in [0.1, 0.15) is 11.5 Å². The first-order chi connectivity index (χ1) is 9.10. The topological polar surface area (TPSA) is 34.4 Å². The van der Waals surface area contributed by atoms with Crippen LogP contribution in [0.25, 0.3) is 0 Å². The van der Waals surface area contributed by atoms with E-state index < -0.39 is 0 Å². The van der Waals surface area contributed by atoms with Gasteiger partial charge >= 0.3 is 0 Å². The summed E-state index contributed by atoms with van der Waals surface area (Å²) in [6.07, 6.45) is 0. The van der Waals surface area contributed by atoms with Crippen molar-refractivity contribution in [1.82, 2.24) is 0 Å². The number of nitrogens with one attached hydrogen (secondary N) is 1. The molecule has 0 spiro atoms. The fraction of sp³-hybridized carbons (Fsp3) is 0.231. The van der Waals surface area contributed by atoms with E-state index in [9.17, 15) is 0 Å². The second-order valence-electron chi connectivity index (χ2n) is 3.76. The Balaban J connectivity index is 2.11. The van der Waals surface area contributed by atoms with Gasteiger partial charge in [0.15, 0.2) is 4.67 Å². The average Bonchev–Trinajstić information content (AvgIpc) is 2.69. The van der Waals surface area contributed by atoms with Crippen LogP contribution in [0.3, 0.4) is 0 Å². The molecule has 1 aromatic heterocycles. The second kappa shape index (κ2) is 6.68. The van der Waals surface area contributed by atoms with E-state index in [-0.39, 0.29) is 0 Å². The van der Waals surface area contributed by atoms with Crippen molar-refractivity contribution < 1.29 is 9.15 Å². The Kier molecular flexibility index (Phi) is 5.19. The highest BCUT2D eigenvalue weighted by Crippen LogP contribution is 2.30. The van der Waals surface area contributed by atoms with E-state index in [0.717, 1.165) is 21.7 Å².